The van der Waals surface area contributed by atoms with Gasteiger partial charge in [0.2, 0.25) is 0 Å². The lowest BCUT2D eigenvalue weighted by Crippen LogP contribution is -1.96. The van der Waals surface area contributed by atoms with Gasteiger partial charge in [-0.25, -0.2) is 4.98 Å². The van der Waals surface area contributed by atoms with Gasteiger partial charge in [0.1, 0.15) is 9.39 Å². The minimum atomic E-state index is 0.193. The average Bonchev–Trinajstić information content (AvgIpc) is 2.33. The van der Waals surface area contributed by atoms with Gasteiger partial charge in [-0.05, 0) is 40.6 Å². The molecule has 1 aliphatic rings. The van der Waals surface area contributed by atoms with Crippen LogP contribution in [-0.4, -0.2) is 10.8 Å². The molecule has 0 spiro atoms. The van der Waals surface area contributed by atoms with Gasteiger partial charge in [0.25, 0.3) is 0 Å². The molecule has 0 unspecified atom stereocenters. The van der Waals surface area contributed by atoms with E-state index in [1.165, 1.54) is 0 Å². The van der Waals surface area contributed by atoms with Crippen molar-refractivity contribution in [2.45, 2.75) is 12.8 Å². The first-order valence-corrected chi connectivity index (χ1v) is 4.54. The molecular formula is C8H6INO. The Kier molecular flexibility index (Phi) is 1.67. The van der Waals surface area contributed by atoms with Gasteiger partial charge < -0.3 is 0 Å². The van der Waals surface area contributed by atoms with E-state index in [1.54, 1.807) is 0 Å². The Morgan fingerprint density at radius 2 is 2.18 bits per heavy atom. The minimum Gasteiger partial charge on any atom is -0.292 e. The molecule has 0 saturated carbocycles. The molecule has 0 atom stereocenters. The molecule has 0 radical (unpaired) electrons. The van der Waals surface area contributed by atoms with Gasteiger partial charge >= 0.3 is 0 Å². The van der Waals surface area contributed by atoms with Crippen LogP contribution in [0, 0.1) is 3.70 Å². The first kappa shape index (κ1) is 7.21. The summed E-state index contributed by atoms with van der Waals surface area (Å²) in [5.74, 6) is 0.193. The lowest BCUT2D eigenvalue weighted by Gasteiger charge is -1.95. The zero-order chi connectivity index (χ0) is 7.84. The molecule has 1 aliphatic carbocycles. The third-order valence-electron chi connectivity index (χ3n) is 1.83. The normalized spacial score (nSPS) is 15.2. The number of pyridine rings is 1. The van der Waals surface area contributed by atoms with Crippen LogP contribution >= 0.6 is 22.6 Å². The number of carbonyl (C=O) groups excluding carboxylic acids is 1. The lowest BCUT2D eigenvalue weighted by atomic mass is 10.2. The Labute approximate surface area is 78.2 Å². The van der Waals surface area contributed by atoms with Gasteiger partial charge in [0.05, 0.1) is 0 Å². The molecule has 1 aromatic rings. The minimum absolute atomic E-state index is 0.193. The lowest BCUT2D eigenvalue weighted by molar-refractivity contribution is 0.0990. The highest BCUT2D eigenvalue weighted by Gasteiger charge is 2.20. The second kappa shape index (κ2) is 2.55. The Balaban J connectivity index is 2.60. The van der Waals surface area contributed by atoms with Gasteiger partial charge in [-0.3, -0.25) is 4.79 Å². The van der Waals surface area contributed by atoms with Crippen molar-refractivity contribution in [1.29, 1.82) is 0 Å². The van der Waals surface area contributed by atoms with E-state index in [4.69, 9.17) is 0 Å². The largest absolute Gasteiger partial charge is 0.292 e. The molecule has 2 nitrogen and oxygen atoms in total. The number of aromatic nitrogens is 1. The SMILES string of the molecule is O=C1CCc2ccc(I)nc21. The summed E-state index contributed by atoms with van der Waals surface area (Å²) in [5, 5.41) is 0. The van der Waals surface area contributed by atoms with Crippen LogP contribution in [0.3, 0.4) is 0 Å². The van der Waals surface area contributed by atoms with E-state index in [1.807, 2.05) is 12.1 Å². The monoisotopic (exact) mass is 259 g/mol. The fourth-order valence-corrected chi connectivity index (χ4v) is 1.69. The van der Waals surface area contributed by atoms with Gasteiger partial charge in [-0.1, -0.05) is 6.07 Å². The number of carbonyl (C=O) groups is 1. The second-order valence-corrected chi connectivity index (χ2v) is 3.67. The predicted octanol–water partition coefficient (Wildman–Crippen LogP) is 1.82. The molecule has 3 heteroatoms. The molecule has 0 N–H and O–H groups in total. The first-order chi connectivity index (χ1) is 5.27. The predicted molar refractivity (Wildman–Crippen MR) is 49.6 cm³/mol. The number of Topliss-reactive ketones (excluding diaryl/α,β-unsaturated/α-hetero) is 1. The molecule has 0 aliphatic heterocycles. The van der Waals surface area contributed by atoms with Crippen molar-refractivity contribution < 1.29 is 4.79 Å². The Hall–Kier alpha value is -0.450. The zero-order valence-electron chi connectivity index (χ0n) is 5.80. The van der Waals surface area contributed by atoms with Crippen LogP contribution < -0.4 is 0 Å². The zero-order valence-corrected chi connectivity index (χ0v) is 7.96. The quantitative estimate of drug-likeness (QED) is 0.525. The number of rotatable bonds is 0. The molecule has 56 valence electrons. The number of nitrogens with zero attached hydrogens (tertiary/aromatic N) is 1. The molecule has 0 amide bonds. The maximum atomic E-state index is 11.2. The van der Waals surface area contributed by atoms with E-state index < -0.39 is 0 Å². The topological polar surface area (TPSA) is 30.0 Å². The van der Waals surface area contributed by atoms with Gasteiger partial charge in [0, 0.05) is 6.42 Å². The van der Waals surface area contributed by atoms with Crippen molar-refractivity contribution in [3.8, 4) is 0 Å². The van der Waals surface area contributed by atoms with E-state index in [-0.39, 0.29) is 5.78 Å². The molecular weight excluding hydrogens is 253 g/mol. The van der Waals surface area contributed by atoms with Gasteiger partial charge in [-0.2, -0.15) is 0 Å². The molecule has 11 heavy (non-hydrogen) atoms. The van der Waals surface area contributed by atoms with Gasteiger partial charge in [-0.15, -0.1) is 0 Å². The van der Waals surface area contributed by atoms with Gasteiger partial charge in [0.15, 0.2) is 5.78 Å². The summed E-state index contributed by atoms with van der Waals surface area (Å²) >= 11 is 2.12. The number of hydrogen-bond donors (Lipinski definition) is 0. The van der Waals surface area contributed by atoms with Crippen molar-refractivity contribution in [2.75, 3.05) is 0 Å². The number of aryl methyl sites for hydroxylation is 1. The number of ketones is 1. The highest BCUT2D eigenvalue weighted by Crippen LogP contribution is 2.20. The third kappa shape index (κ3) is 1.17. The number of halogens is 1. The van der Waals surface area contributed by atoms with Crippen LogP contribution in [0.25, 0.3) is 0 Å². The summed E-state index contributed by atoms with van der Waals surface area (Å²) in [7, 11) is 0. The van der Waals surface area contributed by atoms with Crippen LogP contribution in [-0.2, 0) is 6.42 Å². The van der Waals surface area contributed by atoms with Crippen molar-refractivity contribution in [3.05, 3.63) is 27.1 Å². The summed E-state index contributed by atoms with van der Waals surface area (Å²) < 4.78 is 0.900. The van der Waals surface area contributed by atoms with Crippen LogP contribution in [0.15, 0.2) is 12.1 Å². The molecule has 1 heterocycles. The highest BCUT2D eigenvalue weighted by atomic mass is 127. The van der Waals surface area contributed by atoms with E-state index in [9.17, 15) is 4.79 Å². The Bertz CT molecular complexity index is 322. The van der Waals surface area contributed by atoms with Crippen molar-refractivity contribution >= 4 is 28.4 Å². The molecule has 0 bridgehead atoms. The van der Waals surface area contributed by atoms with E-state index in [0.29, 0.717) is 12.1 Å². The highest BCUT2D eigenvalue weighted by molar-refractivity contribution is 14.1. The molecule has 0 fully saturated rings. The Morgan fingerprint density at radius 1 is 1.36 bits per heavy atom. The molecule has 2 rings (SSSR count). The van der Waals surface area contributed by atoms with E-state index in [2.05, 4.69) is 27.6 Å². The van der Waals surface area contributed by atoms with Crippen LogP contribution in [0.5, 0.6) is 0 Å². The molecule has 1 aromatic heterocycles. The summed E-state index contributed by atoms with van der Waals surface area (Å²) in [6, 6.07) is 3.94. The second-order valence-electron chi connectivity index (χ2n) is 2.56. The van der Waals surface area contributed by atoms with Crippen LogP contribution in [0.2, 0.25) is 0 Å². The first-order valence-electron chi connectivity index (χ1n) is 3.46. The maximum Gasteiger partial charge on any atom is 0.181 e. The van der Waals surface area contributed by atoms with E-state index >= 15 is 0 Å². The average molecular weight is 259 g/mol. The fourth-order valence-electron chi connectivity index (χ4n) is 1.27. The summed E-state index contributed by atoms with van der Waals surface area (Å²) in [6.45, 7) is 0. The maximum absolute atomic E-state index is 11.2. The Morgan fingerprint density at radius 3 is 3.00 bits per heavy atom. The molecule has 0 aromatic carbocycles. The third-order valence-corrected chi connectivity index (χ3v) is 2.43. The van der Waals surface area contributed by atoms with Crippen LogP contribution in [0.1, 0.15) is 22.5 Å². The fraction of sp³-hybridized carbons (Fsp3) is 0.250. The standard InChI is InChI=1S/C8H6INO/c9-7-4-2-5-1-3-6(11)8(5)10-7/h2,4H,1,3H2. The smallest absolute Gasteiger partial charge is 0.181 e. The van der Waals surface area contributed by atoms with E-state index in [0.717, 1.165) is 15.7 Å². The summed E-state index contributed by atoms with van der Waals surface area (Å²) in [6.07, 6.45) is 1.51. The summed E-state index contributed by atoms with van der Waals surface area (Å²) in [4.78, 5) is 15.3. The van der Waals surface area contributed by atoms with Crippen molar-refractivity contribution in [1.82, 2.24) is 4.98 Å². The number of hydrogen-bond acceptors (Lipinski definition) is 2. The number of fused-ring (bicyclic) bond motifs is 1. The van der Waals surface area contributed by atoms with Crippen molar-refractivity contribution in [3.63, 3.8) is 0 Å². The van der Waals surface area contributed by atoms with Crippen LogP contribution in [0.4, 0.5) is 0 Å². The van der Waals surface area contributed by atoms with Crippen molar-refractivity contribution in [2.24, 2.45) is 0 Å². The summed E-state index contributed by atoms with van der Waals surface area (Å²) in [5.41, 5.74) is 1.80. The molecule has 0 saturated heterocycles.